The molecule has 0 fully saturated rings. The van der Waals surface area contributed by atoms with Gasteiger partial charge in [0, 0.05) is 17.3 Å². The van der Waals surface area contributed by atoms with Crippen molar-refractivity contribution in [1.29, 1.82) is 0 Å². The van der Waals surface area contributed by atoms with Crippen LogP contribution in [0.3, 0.4) is 0 Å². The van der Waals surface area contributed by atoms with Crippen LogP contribution in [0.5, 0.6) is 5.75 Å². The predicted octanol–water partition coefficient (Wildman–Crippen LogP) is 5.73. The van der Waals surface area contributed by atoms with Gasteiger partial charge in [-0.1, -0.05) is 61.5 Å². The molecule has 1 aromatic carbocycles. The van der Waals surface area contributed by atoms with Crippen LogP contribution in [0.4, 0.5) is 11.4 Å². The Balaban J connectivity index is 2.56. The number of aromatic hydroxyl groups is 1. The van der Waals surface area contributed by atoms with Crippen molar-refractivity contribution in [2.45, 2.75) is 78.6 Å². The maximum Gasteiger partial charge on any atom is 0.233 e. The zero-order valence-electron chi connectivity index (χ0n) is 19.6. The minimum absolute atomic E-state index is 0.139. The maximum absolute atomic E-state index is 13.3. The Hall–Kier alpha value is -2.56. The molecule has 5 nitrogen and oxygen atoms in total. The van der Waals surface area contributed by atoms with Gasteiger partial charge in [-0.3, -0.25) is 9.78 Å². The summed E-state index contributed by atoms with van der Waals surface area (Å²) in [5.41, 5.74) is 8.90. The summed E-state index contributed by atoms with van der Waals surface area (Å²) >= 11 is 0. The molecule has 1 aromatic heterocycles. The van der Waals surface area contributed by atoms with Crippen LogP contribution in [0.15, 0.2) is 30.5 Å². The van der Waals surface area contributed by atoms with E-state index in [1.807, 2.05) is 65.8 Å². The number of benzene rings is 1. The van der Waals surface area contributed by atoms with Crippen molar-refractivity contribution in [2.24, 2.45) is 5.92 Å². The third-order valence-corrected chi connectivity index (χ3v) is 5.22. The van der Waals surface area contributed by atoms with Crippen molar-refractivity contribution in [1.82, 2.24) is 4.98 Å². The molecule has 0 aliphatic carbocycles. The summed E-state index contributed by atoms with van der Waals surface area (Å²) in [5.74, 6) is 0.0132. The van der Waals surface area contributed by atoms with Crippen LogP contribution in [0.2, 0.25) is 0 Å². The Morgan fingerprint density at radius 2 is 1.77 bits per heavy atom. The van der Waals surface area contributed by atoms with Gasteiger partial charge in [-0.05, 0) is 41.4 Å². The van der Waals surface area contributed by atoms with Crippen molar-refractivity contribution < 1.29 is 9.90 Å². The van der Waals surface area contributed by atoms with Gasteiger partial charge in [0.1, 0.15) is 5.75 Å². The molecule has 1 amide bonds. The highest BCUT2D eigenvalue weighted by Gasteiger charge is 2.31. The number of carbonyl (C=O) groups excluding carboxylic acids is 1. The van der Waals surface area contributed by atoms with Crippen molar-refractivity contribution in [3.05, 3.63) is 47.3 Å². The fourth-order valence-electron chi connectivity index (χ4n) is 3.76. The van der Waals surface area contributed by atoms with E-state index in [0.29, 0.717) is 29.3 Å². The number of hydrogen-bond acceptors (Lipinski definition) is 4. The van der Waals surface area contributed by atoms with Gasteiger partial charge in [-0.2, -0.15) is 0 Å². The normalized spacial score (nSPS) is 13.4. The van der Waals surface area contributed by atoms with Crippen LogP contribution in [-0.4, -0.2) is 16.0 Å². The number of hydrogen-bond donors (Lipinski definition) is 3. The van der Waals surface area contributed by atoms with Crippen LogP contribution in [0.1, 0.15) is 84.5 Å². The first-order chi connectivity index (χ1) is 13.7. The summed E-state index contributed by atoms with van der Waals surface area (Å²) in [7, 11) is 0. The van der Waals surface area contributed by atoms with E-state index in [9.17, 15) is 9.90 Å². The monoisotopic (exact) mass is 411 g/mol. The SMILES string of the molecule is CC(C)CC(C(=O)Nc1cc(C(C)(C)C)c(O)c(C(C)(C)C)c1N)c1ccccn1. The zero-order valence-corrected chi connectivity index (χ0v) is 19.6. The molecule has 4 N–H and O–H groups in total. The summed E-state index contributed by atoms with van der Waals surface area (Å²) in [6, 6.07) is 7.43. The number of amides is 1. The van der Waals surface area contributed by atoms with Crippen molar-refractivity contribution in [3.8, 4) is 5.75 Å². The van der Waals surface area contributed by atoms with Gasteiger partial charge >= 0.3 is 0 Å². The number of aromatic nitrogens is 1. The molecule has 5 heteroatoms. The van der Waals surface area contributed by atoms with Crippen LogP contribution in [0, 0.1) is 5.92 Å². The minimum Gasteiger partial charge on any atom is -0.507 e. The maximum atomic E-state index is 13.3. The Bertz CT molecular complexity index is 891. The highest BCUT2D eigenvalue weighted by atomic mass is 16.3. The van der Waals surface area contributed by atoms with Crippen LogP contribution in [-0.2, 0) is 15.6 Å². The first-order valence-electron chi connectivity index (χ1n) is 10.6. The lowest BCUT2D eigenvalue weighted by atomic mass is 9.78. The number of phenolic OH excluding ortho intramolecular Hbond substituents is 1. The van der Waals surface area contributed by atoms with E-state index in [1.54, 1.807) is 6.20 Å². The number of nitrogens with one attached hydrogen (secondary N) is 1. The lowest BCUT2D eigenvalue weighted by Crippen LogP contribution is -2.26. The van der Waals surface area contributed by atoms with E-state index in [0.717, 1.165) is 11.3 Å². The van der Waals surface area contributed by atoms with E-state index >= 15 is 0 Å². The van der Waals surface area contributed by atoms with Gasteiger partial charge in [0.15, 0.2) is 0 Å². The summed E-state index contributed by atoms with van der Waals surface area (Å²) < 4.78 is 0. The molecule has 1 unspecified atom stereocenters. The fourth-order valence-corrected chi connectivity index (χ4v) is 3.76. The molecule has 2 aromatic rings. The standard InChI is InChI=1S/C25H37N3O2/c1-15(2)13-16(18-11-9-10-12-27-18)23(30)28-19-14-17(24(3,4)5)22(29)20(21(19)26)25(6,7)8/h9-12,14-16,29H,13,26H2,1-8H3,(H,28,30). The molecule has 0 saturated carbocycles. The molecule has 164 valence electrons. The van der Waals surface area contributed by atoms with E-state index in [4.69, 9.17) is 5.73 Å². The van der Waals surface area contributed by atoms with Crippen LogP contribution < -0.4 is 11.1 Å². The second-order valence-electron chi connectivity index (χ2n) is 10.5. The van der Waals surface area contributed by atoms with E-state index in [2.05, 4.69) is 24.1 Å². The Morgan fingerprint density at radius 3 is 2.23 bits per heavy atom. The van der Waals surface area contributed by atoms with E-state index < -0.39 is 0 Å². The van der Waals surface area contributed by atoms with Crippen LogP contribution >= 0.6 is 0 Å². The van der Waals surface area contributed by atoms with Crippen LogP contribution in [0.25, 0.3) is 0 Å². The summed E-state index contributed by atoms with van der Waals surface area (Å²) in [6.45, 7) is 16.3. The smallest absolute Gasteiger partial charge is 0.233 e. The lowest BCUT2D eigenvalue weighted by Gasteiger charge is -2.30. The van der Waals surface area contributed by atoms with Gasteiger partial charge in [0.05, 0.1) is 23.0 Å². The second-order valence-corrected chi connectivity index (χ2v) is 10.5. The Kier molecular flexibility index (Phi) is 6.85. The quantitative estimate of drug-likeness (QED) is 0.433. The highest BCUT2D eigenvalue weighted by Crippen LogP contribution is 2.45. The average Bonchev–Trinajstić information content (AvgIpc) is 2.60. The molecule has 0 radical (unpaired) electrons. The fraction of sp³-hybridized carbons (Fsp3) is 0.520. The molecular weight excluding hydrogens is 374 g/mol. The molecule has 0 bridgehead atoms. The number of pyridine rings is 1. The lowest BCUT2D eigenvalue weighted by molar-refractivity contribution is -0.118. The number of carbonyl (C=O) groups is 1. The zero-order chi connectivity index (χ0) is 22.9. The molecule has 30 heavy (non-hydrogen) atoms. The van der Waals surface area contributed by atoms with Crippen molar-refractivity contribution >= 4 is 17.3 Å². The summed E-state index contributed by atoms with van der Waals surface area (Å²) in [5, 5.41) is 14.1. The molecule has 0 saturated heterocycles. The molecule has 2 rings (SSSR count). The molecule has 1 atom stereocenters. The van der Waals surface area contributed by atoms with E-state index in [1.165, 1.54) is 0 Å². The van der Waals surface area contributed by atoms with Gasteiger partial charge in [-0.25, -0.2) is 0 Å². The Labute approximate surface area is 181 Å². The number of phenols is 1. The molecule has 0 spiro atoms. The highest BCUT2D eigenvalue weighted by molar-refractivity contribution is 5.99. The molecule has 0 aliphatic heterocycles. The number of nitrogens with two attached hydrogens (primary N) is 1. The van der Waals surface area contributed by atoms with Crippen molar-refractivity contribution in [2.75, 3.05) is 11.1 Å². The third-order valence-electron chi connectivity index (χ3n) is 5.22. The van der Waals surface area contributed by atoms with Gasteiger partial charge < -0.3 is 16.2 Å². The number of anilines is 2. The number of rotatable bonds is 5. The summed E-state index contributed by atoms with van der Waals surface area (Å²) in [6.07, 6.45) is 2.39. The molecule has 0 aliphatic rings. The summed E-state index contributed by atoms with van der Waals surface area (Å²) in [4.78, 5) is 17.8. The molecular formula is C25H37N3O2. The molecule has 1 heterocycles. The van der Waals surface area contributed by atoms with Crippen molar-refractivity contribution in [3.63, 3.8) is 0 Å². The van der Waals surface area contributed by atoms with Gasteiger partial charge in [0.25, 0.3) is 0 Å². The number of nitrogens with zero attached hydrogens (tertiary/aromatic N) is 1. The van der Waals surface area contributed by atoms with Gasteiger partial charge in [0.2, 0.25) is 5.91 Å². The first-order valence-corrected chi connectivity index (χ1v) is 10.6. The van der Waals surface area contributed by atoms with Gasteiger partial charge in [-0.15, -0.1) is 0 Å². The largest absolute Gasteiger partial charge is 0.507 e. The Morgan fingerprint density at radius 1 is 1.13 bits per heavy atom. The number of nitrogen functional groups attached to an aromatic ring is 1. The topological polar surface area (TPSA) is 88.2 Å². The van der Waals surface area contributed by atoms with E-state index in [-0.39, 0.29) is 28.4 Å². The minimum atomic E-state index is -0.382. The predicted molar refractivity (Wildman–Crippen MR) is 125 cm³/mol. The second kappa shape index (κ2) is 8.66. The average molecular weight is 412 g/mol. The third kappa shape index (κ3) is 5.32. The first kappa shape index (κ1) is 23.7.